The van der Waals surface area contributed by atoms with Crippen LogP contribution in [0.3, 0.4) is 0 Å². The summed E-state index contributed by atoms with van der Waals surface area (Å²) in [5.74, 6) is -0.128. The number of halogens is 1. The molecule has 3 nitrogen and oxygen atoms in total. The van der Waals surface area contributed by atoms with Crippen LogP contribution < -0.4 is 11.1 Å². The topological polar surface area (TPSA) is 55.1 Å². The minimum Gasteiger partial charge on any atom is -0.351 e. The highest BCUT2D eigenvalue weighted by molar-refractivity contribution is 5.85. The quantitative estimate of drug-likeness (QED) is 0.914. The number of rotatable bonds is 3. The standard InChI is InChI=1S/C18H20N2O.ClH/c1-12(13-7-3-2-4-8-13)18(21)20-16-11-14-9-5-6-10-15(14)17(16)19;/h2-10,12,16-17H,11,19H2,1H3,(H,20,21);1H/t12?,16-,17-;/m0./s1. The van der Waals surface area contributed by atoms with Gasteiger partial charge in [0.1, 0.15) is 0 Å². The largest absolute Gasteiger partial charge is 0.351 e. The molecule has 116 valence electrons. The van der Waals surface area contributed by atoms with Crippen molar-refractivity contribution < 1.29 is 4.79 Å². The molecule has 1 amide bonds. The average molecular weight is 317 g/mol. The van der Waals surface area contributed by atoms with Gasteiger partial charge < -0.3 is 11.1 Å². The van der Waals surface area contributed by atoms with Crippen molar-refractivity contribution in [2.75, 3.05) is 0 Å². The number of carbonyl (C=O) groups is 1. The monoisotopic (exact) mass is 316 g/mol. The van der Waals surface area contributed by atoms with Crippen molar-refractivity contribution in [3.63, 3.8) is 0 Å². The van der Waals surface area contributed by atoms with Gasteiger partial charge in [-0.3, -0.25) is 4.79 Å². The number of hydrogen-bond acceptors (Lipinski definition) is 2. The Hall–Kier alpha value is -1.84. The highest BCUT2D eigenvalue weighted by Crippen LogP contribution is 2.29. The van der Waals surface area contributed by atoms with E-state index in [1.54, 1.807) is 0 Å². The van der Waals surface area contributed by atoms with E-state index in [9.17, 15) is 4.79 Å². The van der Waals surface area contributed by atoms with E-state index in [1.165, 1.54) is 5.56 Å². The Bertz CT molecular complexity index is 645. The lowest BCUT2D eigenvalue weighted by Crippen LogP contribution is -2.42. The molecule has 0 saturated carbocycles. The van der Waals surface area contributed by atoms with E-state index in [4.69, 9.17) is 5.73 Å². The summed E-state index contributed by atoms with van der Waals surface area (Å²) in [7, 11) is 0. The van der Waals surface area contributed by atoms with Crippen molar-refractivity contribution in [1.29, 1.82) is 0 Å². The molecule has 1 aliphatic carbocycles. The van der Waals surface area contributed by atoms with Crippen molar-refractivity contribution >= 4 is 18.3 Å². The Kier molecular flexibility index (Phi) is 5.22. The summed E-state index contributed by atoms with van der Waals surface area (Å²) < 4.78 is 0. The summed E-state index contributed by atoms with van der Waals surface area (Å²) >= 11 is 0. The van der Waals surface area contributed by atoms with Crippen molar-refractivity contribution in [2.45, 2.75) is 31.3 Å². The van der Waals surface area contributed by atoms with Crippen LogP contribution in [0.25, 0.3) is 0 Å². The van der Waals surface area contributed by atoms with E-state index in [2.05, 4.69) is 11.4 Å². The summed E-state index contributed by atoms with van der Waals surface area (Å²) in [6.45, 7) is 1.93. The predicted molar refractivity (Wildman–Crippen MR) is 91.1 cm³/mol. The second kappa shape index (κ2) is 6.95. The third-order valence-corrected chi connectivity index (χ3v) is 4.31. The molecule has 0 saturated heterocycles. The molecule has 4 heteroatoms. The minimum atomic E-state index is -0.165. The highest BCUT2D eigenvalue weighted by Gasteiger charge is 2.31. The van der Waals surface area contributed by atoms with E-state index in [1.807, 2.05) is 55.5 Å². The highest BCUT2D eigenvalue weighted by atomic mass is 35.5. The van der Waals surface area contributed by atoms with Crippen molar-refractivity contribution in [2.24, 2.45) is 5.73 Å². The number of fused-ring (bicyclic) bond motifs is 1. The summed E-state index contributed by atoms with van der Waals surface area (Å²) in [5, 5.41) is 3.11. The molecular weight excluding hydrogens is 296 g/mol. The summed E-state index contributed by atoms with van der Waals surface area (Å²) in [6, 6.07) is 17.8. The molecule has 0 aromatic heterocycles. The molecule has 0 fully saturated rings. The lowest BCUT2D eigenvalue weighted by atomic mass is 9.99. The molecule has 3 N–H and O–H groups in total. The van der Waals surface area contributed by atoms with E-state index < -0.39 is 0 Å². The van der Waals surface area contributed by atoms with Crippen LogP contribution in [-0.2, 0) is 11.2 Å². The van der Waals surface area contributed by atoms with E-state index in [-0.39, 0.29) is 36.3 Å². The van der Waals surface area contributed by atoms with Crippen LogP contribution in [0.5, 0.6) is 0 Å². The molecule has 22 heavy (non-hydrogen) atoms. The minimum absolute atomic E-state index is 0. The van der Waals surface area contributed by atoms with Gasteiger partial charge in [-0.05, 0) is 30.0 Å². The first kappa shape index (κ1) is 16.5. The number of nitrogens with one attached hydrogen (secondary N) is 1. The van der Waals surface area contributed by atoms with Crippen molar-refractivity contribution in [3.05, 3.63) is 71.3 Å². The smallest absolute Gasteiger partial charge is 0.227 e. The van der Waals surface area contributed by atoms with Crippen LogP contribution in [-0.4, -0.2) is 11.9 Å². The fraction of sp³-hybridized carbons (Fsp3) is 0.278. The number of carbonyl (C=O) groups excluding carboxylic acids is 1. The first-order chi connectivity index (χ1) is 10.2. The lowest BCUT2D eigenvalue weighted by molar-refractivity contribution is -0.123. The van der Waals surface area contributed by atoms with E-state index >= 15 is 0 Å². The van der Waals surface area contributed by atoms with Gasteiger partial charge in [0.15, 0.2) is 0 Å². The van der Waals surface area contributed by atoms with Gasteiger partial charge in [-0.25, -0.2) is 0 Å². The Morgan fingerprint density at radius 2 is 1.77 bits per heavy atom. The average Bonchev–Trinajstić information content (AvgIpc) is 2.84. The fourth-order valence-corrected chi connectivity index (χ4v) is 2.97. The molecule has 0 aliphatic heterocycles. The van der Waals surface area contributed by atoms with E-state index in [0.29, 0.717) is 0 Å². The second-order valence-electron chi connectivity index (χ2n) is 5.68. The molecule has 1 unspecified atom stereocenters. The maximum atomic E-state index is 12.4. The zero-order valence-electron chi connectivity index (χ0n) is 12.5. The third kappa shape index (κ3) is 3.16. The summed E-state index contributed by atoms with van der Waals surface area (Å²) in [6.07, 6.45) is 0.810. The molecule has 0 bridgehead atoms. The zero-order chi connectivity index (χ0) is 14.8. The predicted octanol–water partition coefficient (Wildman–Crippen LogP) is 2.95. The van der Waals surface area contributed by atoms with Gasteiger partial charge in [-0.1, -0.05) is 54.6 Å². The molecular formula is C18H21ClN2O. The van der Waals surface area contributed by atoms with Gasteiger partial charge in [0.2, 0.25) is 5.91 Å². The molecule has 1 aliphatic rings. The van der Waals surface area contributed by atoms with Crippen molar-refractivity contribution in [1.82, 2.24) is 5.32 Å². The summed E-state index contributed by atoms with van der Waals surface area (Å²) in [5.41, 5.74) is 9.68. The van der Waals surface area contributed by atoms with Crippen LogP contribution >= 0.6 is 12.4 Å². The van der Waals surface area contributed by atoms with Gasteiger partial charge in [-0.15, -0.1) is 12.4 Å². The Balaban J connectivity index is 0.00000176. The van der Waals surface area contributed by atoms with Crippen LogP contribution in [0.2, 0.25) is 0 Å². The van der Waals surface area contributed by atoms with Gasteiger partial charge in [0.25, 0.3) is 0 Å². The molecule has 0 heterocycles. The fourth-order valence-electron chi connectivity index (χ4n) is 2.97. The van der Waals surface area contributed by atoms with E-state index in [0.717, 1.165) is 17.5 Å². The zero-order valence-corrected chi connectivity index (χ0v) is 13.3. The maximum Gasteiger partial charge on any atom is 0.227 e. The van der Waals surface area contributed by atoms with Gasteiger partial charge >= 0.3 is 0 Å². The van der Waals surface area contributed by atoms with Crippen LogP contribution in [0.4, 0.5) is 0 Å². The van der Waals surface area contributed by atoms with Crippen LogP contribution in [0.1, 0.15) is 35.6 Å². The maximum absolute atomic E-state index is 12.4. The SMILES string of the molecule is CC(C(=O)N[C@H]1Cc2ccccc2[C@@H]1N)c1ccccc1.Cl. The molecule has 3 atom stereocenters. The lowest BCUT2D eigenvalue weighted by Gasteiger charge is -2.20. The molecule has 0 radical (unpaired) electrons. The Morgan fingerprint density at radius 1 is 1.14 bits per heavy atom. The van der Waals surface area contributed by atoms with Crippen LogP contribution in [0, 0.1) is 0 Å². The molecule has 3 rings (SSSR count). The van der Waals surface area contributed by atoms with Crippen LogP contribution in [0.15, 0.2) is 54.6 Å². The number of nitrogens with two attached hydrogens (primary N) is 1. The second-order valence-corrected chi connectivity index (χ2v) is 5.68. The number of hydrogen-bond donors (Lipinski definition) is 2. The van der Waals surface area contributed by atoms with Gasteiger partial charge in [0.05, 0.1) is 18.0 Å². The number of benzene rings is 2. The Labute approximate surface area is 137 Å². The first-order valence-electron chi connectivity index (χ1n) is 7.35. The molecule has 2 aromatic carbocycles. The Morgan fingerprint density at radius 3 is 2.45 bits per heavy atom. The third-order valence-electron chi connectivity index (χ3n) is 4.31. The van der Waals surface area contributed by atoms with Crippen molar-refractivity contribution in [3.8, 4) is 0 Å². The normalized spacial score (nSPS) is 20.6. The van der Waals surface area contributed by atoms with Gasteiger partial charge in [0, 0.05) is 0 Å². The first-order valence-corrected chi connectivity index (χ1v) is 7.35. The molecule has 2 aromatic rings. The summed E-state index contributed by atoms with van der Waals surface area (Å²) in [4.78, 5) is 12.4. The number of amides is 1. The molecule has 0 spiro atoms. The van der Waals surface area contributed by atoms with Gasteiger partial charge in [-0.2, -0.15) is 0 Å².